The maximum Gasteiger partial charge on any atom is 0.0948 e. The fraction of sp³-hybridized carbons (Fsp3) is 0.538. The van der Waals surface area contributed by atoms with Crippen molar-refractivity contribution in [2.24, 2.45) is 0 Å². The van der Waals surface area contributed by atoms with Crippen molar-refractivity contribution in [2.75, 3.05) is 6.54 Å². The largest absolute Gasteiger partial charge is 0.333 e. The molecule has 0 aromatic carbocycles. The van der Waals surface area contributed by atoms with Gasteiger partial charge in [0.1, 0.15) is 0 Å². The van der Waals surface area contributed by atoms with Crippen LogP contribution in [0.3, 0.4) is 0 Å². The summed E-state index contributed by atoms with van der Waals surface area (Å²) in [5.74, 6) is 0. The van der Waals surface area contributed by atoms with Crippen molar-refractivity contribution in [3.8, 4) is 0 Å². The van der Waals surface area contributed by atoms with E-state index in [1.54, 1.807) is 11.3 Å². The molecular formula is C13H20N4S. The molecule has 98 valence electrons. The lowest BCUT2D eigenvalue weighted by Gasteiger charge is -2.07. The highest BCUT2D eigenvalue weighted by atomic mass is 32.1. The van der Waals surface area contributed by atoms with Crippen LogP contribution in [0.2, 0.25) is 0 Å². The quantitative estimate of drug-likeness (QED) is 0.781. The van der Waals surface area contributed by atoms with Gasteiger partial charge in [0.2, 0.25) is 0 Å². The fourth-order valence-electron chi connectivity index (χ4n) is 1.87. The molecule has 2 aromatic heterocycles. The van der Waals surface area contributed by atoms with Gasteiger partial charge in [-0.25, -0.2) is 9.97 Å². The van der Waals surface area contributed by atoms with Gasteiger partial charge >= 0.3 is 0 Å². The van der Waals surface area contributed by atoms with E-state index in [1.165, 1.54) is 10.7 Å². The summed E-state index contributed by atoms with van der Waals surface area (Å²) in [7, 11) is 0. The lowest BCUT2D eigenvalue weighted by molar-refractivity contribution is 0.601. The minimum Gasteiger partial charge on any atom is -0.333 e. The van der Waals surface area contributed by atoms with E-state index in [2.05, 4.69) is 32.2 Å². The van der Waals surface area contributed by atoms with Crippen LogP contribution in [0.25, 0.3) is 0 Å². The number of nitrogens with zero attached hydrogens (tertiary/aromatic N) is 3. The number of rotatable bonds is 7. The average molecular weight is 264 g/mol. The molecule has 18 heavy (non-hydrogen) atoms. The van der Waals surface area contributed by atoms with Gasteiger partial charge in [0.25, 0.3) is 0 Å². The second-order valence-corrected chi connectivity index (χ2v) is 5.33. The number of hydrogen-bond donors (Lipinski definition) is 1. The van der Waals surface area contributed by atoms with Crippen LogP contribution in [0.15, 0.2) is 17.9 Å². The molecular weight excluding hydrogens is 244 g/mol. The van der Waals surface area contributed by atoms with E-state index >= 15 is 0 Å². The summed E-state index contributed by atoms with van der Waals surface area (Å²) in [6, 6.07) is 0. The molecule has 0 aliphatic heterocycles. The molecule has 0 fully saturated rings. The first-order valence-corrected chi connectivity index (χ1v) is 7.28. The third-order valence-corrected chi connectivity index (χ3v) is 3.78. The summed E-state index contributed by atoms with van der Waals surface area (Å²) in [5, 5.41) is 6.76. The Morgan fingerprint density at radius 3 is 3.06 bits per heavy atom. The standard InChI is InChI=1S/C13H20N4S/c1-3-6-17-10-15-8-12(17)7-14-5-4-13-16-11(2)9-18-13/h8-10,14H,3-7H2,1-2H3. The van der Waals surface area contributed by atoms with Gasteiger partial charge in [-0.3, -0.25) is 0 Å². The Kier molecular flexibility index (Phi) is 4.90. The van der Waals surface area contributed by atoms with Crippen LogP contribution in [-0.4, -0.2) is 21.1 Å². The highest BCUT2D eigenvalue weighted by Gasteiger charge is 2.01. The summed E-state index contributed by atoms with van der Waals surface area (Å²) in [5.41, 5.74) is 2.38. The lowest BCUT2D eigenvalue weighted by Crippen LogP contribution is -2.18. The minimum absolute atomic E-state index is 0.879. The topological polar surface area (TPSA) is 42.7 Å². The van der Waals surface area contributed by atoms with E-state index in [-0.39, 0.29) is 0 Å². The molecule has 0 unspecified atom stereocenters. The van der Waals surface area contributed by atoms with Crippen LogP contribution in [0.5, 0.6) is 0 Å². The van der Waals surface area contributed by atoms with Crippen molar-refractivity contribution in [2.45, 2.75) is 39.8 Å². The summed E-state index contributed by atoms with van der Waals surface area (Å²) < 4.78 is 2.21. The molecule has 0 aliphatic rings. The second-order valence-electron chi connectivity index (χ2n) is 4.39. The van der Waals surface area contributed by atoms with Gasteiger partial charge in [0, 0.05) is 43.3 Å². The van der Waals surface area contributed by atoms with Crippen LogP contribution in [0.4, 0.5) is 0 Å². The van der Waals surface area contributed by atoms with Crippen LogP contribution < -0.4 is 5.32 Å². The highest BCUT2D eigenvalue weighted by Crippen LogP contribution is 2.08. The Balaban J connectivity index is 1.73. The zero-order chi connectivity index (χ0) is 12.8. The van der Waals surface area contributed by atoms with Crippen LogP contribution >= 0.6 is 11.3 Å². The zero-order valence-electron chi connectivity index (χ0n) is 11.0. The normalized spacial score (nSPS) is 11.0. The molecule has 0 radical (unpaired) electrons. The van der Waals surface area contributed by atoms with Crippen LogP contribution in [0.1, 0.15) is 29.7 Å². The molecule has 0 atom stereocenters. The molecule has 0 amide bonds. The summed E-state index contributed by atoms with van der Waals surface area (Å²) in [6.07, 6.45) is 5.99. The summed E-state index contributed by atoms with van der Waals surface area (Å²) in [6.45, 7) is 7.11. The molecule has 0 saturated carbocycles. The van der Waals surface area contributed by atoms with E-state index in [1.807, 2.05) is 19.4 Å². The van der Waals surface area contributed by atoms with Gasteiger partial charge in [-0.15, -0.1) is 11.3 Å². The second kappa shape index (κ2) is 6.66. The number of aryl methyl sites for hydroxylation is 2. The molecule has 0 aliphatic carbocycles. The Bertz CT molecular complexity index is 475. The van der Waals surface area contributed by atoms with Crippen LogP contribution in [0, 0.1) is 6.92 Å². The molecule has 4 nitrogen and oxygen atoms in total. The summed E-state index contributed by atoms with van der Waals surface area (Å²) >= 11 is 1.74. The van der Waals surface area contributed by atoms with Crippen molar-refractivity contribution in [3.63, 3.8) is 0 Å². The molecule has 2 rings (SSSR count). The first-order valence-electron chi connectivity index (χ1n) is 6.40. The smallest absolute Gasteiger partial charge is 0.0948 e. The minimum atomic E-state index is 0.879. The van der Waals surface area contributed by atoms with Gasteiger partial charge in [0.05, 0.1) is 17.0 Å². The molecule has 0 bridgehead atoms. The van der Waals surface area contributed by atoms with Crippen molar-refractivity contribution >= 4 is 11.3 Å². The number of thiazole rings is 1. The first kappa shape index (κ1) is 13.2. The van der Waals surface area contributed by atoms with E-state index in [9.17, 15) is 0 Å². The third-order valence-electron chi connectivity index (χ3n) is 2.75. The van der Waals surface area contributed by atoms with Gasteiger partial charge < -0.3 is 9.88 Å². The SMILES string of the molecule is CCCn1cncc1CNCCc1nc(C)cs1. The predicted molar refractivity (Wildman–Crippen MR) is 74.8 cm³/mol. The Hall–Kier alpha value is -1.20. The van der Waals surface area contributed by atoms with E-state index in [0.29, 0.717) is 0 Å². The van der Waals surface area contributed by atoms with Gasteiger partial charge in [0.15, 0.2) is 0 Å². The van der Waals surface area contributed by atoms with Gasteiger partial charge in [-0.05, 0) is 13.3 Å². The maximum atomic E-state index is 4.45. The predicted octanol–water partition coefficient (Wildman–Crippen LogP) is 2.39. The highest BCUT2D eigenvalue weighted by molar-refractivity contribution is 7.09. The molecule has 1 N–H and O–H groups in total. The number of hydrogen-bond acceptors (Lipinski definition) is 4. The third kappa shape index (κ3) is 3.65. The molecule has 0 saturated heterocycles. The average Bonchev–Trinajstić information content (AvgIpc) is 2.95. The monoisotopic (exact) mass is 264 g/mol. The Morgan fingerprint density at radius 2 is 2.33 bits per heavy atom. The lowest BCUT2D eigenvalue weighted by atomic mass is 10.4. The van der Waals surface area contributed by atoms with Gasteiger partial charge in [-0.1, -0.05) is 6.92 Å². The van der Waals surface area contributed by atoms with E-state index in [4.69, 9.17) is 0 Å². The molecule has 0 spiro atoms. The molecule has 2 heterocycles. The van der Waals surface area contributed by atoms with Crippen LogP contribution in [-0.2, 0) is 19.5 Å². The Labute approximate surface area is 112 Å². The van der Waals surface area contributed by atoms with Crippen molar-refractivity contribution in [3.05, 3.63) is 34.3 Å². The molecule has 5 heteroatoms. The summed E-state index contributed by atoms with van der Waals surface area (Å²) in [4.78, 5) is 8.65. The first-order chi connectivity index (χ1) is 8.79. The number of aromatic nitrogens is 3. The van der Waals surface area contributed by atoms with E-state index < -0.39 is 0 Å². The maximum absolute atomic E-state index is 4.45. The number of imidazole rings is 1. The van der Waals surface area contributed by atoms with E-state index in [0.717, 1.165) is 38.2 Å². The van der Waals surface area contributed by atoms with Gasteiger partial charge in [-0.2, -0.15) is 0 Å². The zero-order valence-corrected chi connectivity index (χ0v) is 11.8. The van der Waals surface area contributed by atoms with Crippen molar-refractivity contribution in [1.82, 2.24) is 19.9 Å². The fourth-order valence-corrected chi connectivity index (χ4v) is 2.64. The van der Waals surface area contributed by atoms with Crippen molar-refractivity contribution < 1.29 is 0 Å². The Morgan fingerprint density at radius 1 is 1.44 bits per heavy atom. The number of nitrogens with one attached hydrogen (secondary N) is 1. The van der Waals surface area contributed by atoms with Crippen molar-refractivity contribution in [1.29, 1.82) is 0 Å². The molecule has 2 aromatic rings.